The highest BCUT2D eigenvalue weighted by atomic mass is 19.4. The zero-order chi connectivity index (χ0) is 13.1. The Bertz CT molecular complexity index is 401. The van der Waals surface area contributed by atoms with Gasteiger partial charge in [0, 0.05) is 12.0 Å². The molecule has 0 radical (unpaired) electrons. The molecule has 1 aromatic rings. The Kier molecular flexibility index (Phi) is 3.83. The third kappa shape index (κ3) is 2.44. The van der Waals surface area contributed by atoms with E-state index < -0.39 is 18.2 Å². The standard InChI is InChI=1S/C12H13F3O2/c1-3-8-11(16,12(13,14)15)9-6-4-5-7-10(9)17-2/h3-7,16H,1,8H2,2H3/t11-/m1/s1. The molecule has 0 fully saturated rings. The second-order valence-corrected chi connectivity index (χ2v) is 3.55. The predicted octanol–water partition coefficient (Wildman–Crippen LogP) is 3.02. The van der Waals surface area contributed by atoms with Crippen LogP contribution in [0.25, 0.3) is 0 Å². The molecule has 94 valence electrons. The summed E-state index contributed by atoms with van der Waals surface area (Å²) in [6.45, 7) is 3.24. The number of benzene rings is 1. The smallest absolute Gasteiger partial charge is 0.421 e. The first-order chi connectivity index (χ1) is 7.86. The van der Waals surface area contributed by atoms with Gasteiger partial charge in [0.2, 0.25) is 0 Å². The average Bonchev–Trinajstić information content (AvgIpc) is 2.27. The Hall–Kier alpha value is -1.49. The van der Waals surface area contributed by atoms with E-state index in [0.717, 1.165) is 6.08 Å². The Morgan fingerprint density at radius 3 is 2.41 bits per heavy atom. The Balaban J connectivity index is 3.37. The number of halogens is 3. The van der Waals surface area contributed by atoms with Gasteiger partial charge in [0.25, 0.3) is 0 Å². The summed E-state index contributed by atoms with van der Waals surface area (Å²) in [5.41, 5.74) is -3.28. The molecule has 2 nitrogen and oxygen atoms in total. The predicted molar refractivity (Wildman–Crippen MR) is 57.8 cm³/mol. The van der Waals surface area contributed by atoms with E-state index in [4.69, 9.17) is 4.74 Å². The van der Waals surface area contributed by atoms with Gasteiger partial charge in [-0.3, -0.25) is 0 Å². The van der Waals surface area contributed by atoms with Crippen molar-refractivity contribution in [2.75, 3.05) is 7.11 Å². The first kappa shape index (κ1) is 13.6. The molecule has 1 aromatic carbocycles. The van der Waals surface area contributed by atoms with Crippen molar-refractivity contribution in [1.82, 2.24) is 0 Å². The summed E-state index contributed by atoms with van der Waals surface area (Å²) in [4.78, 5) is 0. The van der Waals surface area contributed by atoms with E-state index in [1.165, 1.54) is 31.4 Å². The van der Waals surface area contributed by atoms with Crippen LogP contribution in [0.1, 0.15) is 12.0 Å². The molecule has 1 atom stereocenters. The van der Waals surface area contributed by atoms with Gasteiger partial charge in [-0.2, -0.15) is 13.2 Å². The quantitative estimate of drug-likeness (QED) is 0.827. The largest absolute Gasteiger partial charge is 0.496 e. The second-order valence-electron chi connectivity index (χ2n) is 3.55. The van der Waals surface area contributed by atoms with E-state index in [-0.39, 0.29) is 11.3 Å². The molecule has 0 heterocycles. The lowest BCUT2D eigenvalue weighted by Gasteiger charge is -2.31. The van der Waals surface area contributed by atoms with Crippen LogP contribution in [0.5, 0.6) is 5.75 Å². The molecule has 0 aliphatic heterocycles. The van der Waals surface area contributed by atoms with E-state index in [1.54, 1.807) is 0 Å². The minimum atomic E-state index is -4.80. The van der Waals surface area contributed by atoms with Gasteiger partial charge in [-0.1, -0.05) is 24.3 Å². The molecule has 0 aliphatic rings. The van der Waals surface area contributed by atoms with Crippen LogP contribution in [0.4, 0.5) is 13.2 Å². The fourth-order valence-corrected chi connectivity index (χ4v) is 1.57. The molecule has 0 saturated carbocycles. The summed E-state index contributed by atoms with van der Waals surface area (Å²) in [5.74, 6) is -0.00539. The highest BCUT2D eigenvalue weighted by molar-refractivity contribution is 5.39. The van der Waals surface area contributed by atoms with Crippen LogP contribution >= 0.6 is 0 Å². The number of methoxy groups -OCH3 is 1. The van der Waals surface area contributed by atoms with Crippen molar-refractivity contribution in [2.24, 2.45) is 0 Å². The molecular weight excluding hydrogens is 233 g/mol. The lowest BCUT2D eigenvalue weighted by atomic mass is 9.89. The van der Waals surface area contributed by atoms with Gasteiger partial charge in [0.15, 0.2) is 5.60 Å². The van der Waals surface area contributed by atoms with Crippen LogP contribution in [-0.4, -0.2) is 18.4 Å². The number of aliphatic hydroxyl groups is 1. The molecule has 0 unspecified atom stereocenters. The van der Waals surface area contributed by atoms with Crippen LogP contribution in [0, 0.1) is 0 Å². The topological polar surface area (TPSA) is 29.5 Å². The third-order valence-corrected chi connectivity index (χ3v) is 2.46. The molecule has 0 aliphatic carbocycles. The number of alkyl halides is 3. The van der Waals surface area contributed by atoms with E-state index in [9.17, 15) is 18.3 Å². The summed E-state index contributed by atoms with van der Waals surface area (Å²) in [6, 6.07) is 5.51. The van der Waals surface area contributed by atoms with Crippen molar-refractivity contribution in [2.45, 2.75) is 18.2 Å². The summed E-state index contributed by atoms with van der Waals surface area (Å²) >= 11 is 0. The van der Waals surface area contributed by atoms with Crippen molar-refractivity contribution < 1.29 is 23.0 Å². The number of rotatable bonds is 4. The van der Waals surface area contributed by atoms with Gasteiger partial charge in [-0.05, 0) is 6.07 Å². The van der Waals surface area contributed by atoms with E-state index in [1.807, 2.05) is 0 Å². The fourth-order valence-electron chi connectivity index (χ4n) is 1.57. The molecule has 0 spiro atoms. The number of para-hydroxylation sites is 1. The van der Waals surface area contributed by atoms with Gasteiger partial charge in [-0.25, -0.2) is 0 Å². The molecule has 1 N–H and O–H groups in total. The third-order valence-electron chi connectivity index (χ3n) is 2.46. The monoisotopic (exact) mass is 246 g/mol. The Morgan fingerprint density at radius 2 is 1.94 bits per heavy atom. The van der Waals surface area contributed by atoms with Crippen molar-refractivity contribution in [3.8, 4) is 5.75 Å². The molecule has 1 rings (SSSR count). The molecule has 5 heteroatoms. The number of hydrogen-bond donors (Lipinski definition) is 1. The van der Waals surface area contributed by atoms with Crippen molar-refractivity contribution in [3.63, 3.8) is 0 Å². The normalized spacial score (nSPS) is 15.1. The maximum absolute atomic E-state index is 12.9. The van der Waals surface area contributed by atoms with E-state index in [2.05, 4.69) is 6.58 Å². The molecule has 0 aromatic heterocycles. The summed E-state index contributed by atoms with van der Waals surface area (Å²) in [6.07, 6.45) is -4.40. The maximum atomic E-state index is 12.9. The first-order valence-corrected chi connectivity index (χ1v) is 4.90. The first-order valence-electron chi connectivity index (χ1n) is 4.90. The number of hydrogen-bond acceptors (Lipinski definition) is 2. The fraction of sp³-hybridized carbons (Fsp3) is 0.333. The average molecular weight is 246 g/mol. The molecular formula is C12H13F3O2. The van der Waals surface area contributed by atoms with Crippen LogP contribution in [0.2, 0.25) is 0 Å². The maximum Gasteiger partial charge on any atom is 0.421 e. The van der Waals surface area contributed by atoms with Gasteiger partial charge < -0.3 is 9.84 Å². The van der Waals surface area contributed by atoms with Gasteiger partial charge in [0.1, 0.15) is 5.75 Å². The molecule has 0 bridgehead atoms. The van der Waals surface area contributed by atoms with Crippen molar-refractivity contribution >= 4 is 0 Å². The minimum absolute atomic E-state index is 0.00539. The summed E-state index contributed by atoms with van der Waals surface area (Å²) in [7, 11) is 1.25. The summed E-state index contributed by atoms with van der Waals surface area (Å²) < 4.78 is 43.7. The Morgan fingerprint density at radius 1 is 1.35 bits per heavy atom. The molecule has 0 saturated heterocycles. The van der Waals surface area contributed by atoms with E-state index >= 15 is 0 Å². The van der Waals surface area contributed by atoms with Crippen LogP contribution in [0.15, 0.2) is 36.9 Å². The Labute approximate surface area is 97.3 Å². The van der Waals surface area contributed by atoms with Gasteiger partial charge in [0.05, 0.1) is 7.11 Å². The van der Waals surface area contributed by atoms with Crippen molar-refractivity contribution in [3.05, 3.63) is 42.5 Å². The van der Waals surface area contributed by atoms with Crippen LogP contribution in [0.3, 0.4) is 0 Å². The second kappa shape index (κ2) is 4.79. The highest BCUT2D eigenvalue weighted by Gasteiger charge is 2.55. The zero-order valence-corrected chi connectivity index (χ0v) is 9.29. The SMILES string of the molecule is C=CC[C@@](O)(c1ccccc1OC)C(F)(F)F. The zero-order valence-electron chi connectivity index (χ0n) is 9.29. The lowest BCUT2D eigenvalue weighted by molar-refractivity contribution is -0.265. The van der Waals surface area contributed by atoms with Crippen LogP contribution < -0.4 is 4.74 Å². The minimum Gasteiger partial charge on any atom is -0.496 e. The van der Waals surface area contributed by atoms with Gasteiger partial charge in [-0.15, -0.1) is 6.58 Å². The molecule has 17 heavy (non-hydrogen) atoms. The van der Waals surface area contributed by atoms with Crippen LogP contribution in [-0.2, 0) is 5.60 Å². The lowest BCUT2D eigenvalue weighted by Crippen LogP contribution is -2.42. The molecule has 0 amide bonds. The van der Waals surface area contributed by atoms with Gasteiger partial charge >= 0.3 is 6.18 Å². The highest BCUT2D eigenvalue weighted by Crippen LogP contribution is 2.44. The number of ether oxygens (including phenoxy) is 1. The van der Waals surface area contributed by atoms with Crippen molar-refractivity contribution in [1.29, 1.82) is 0 Å². The van der Waals surface area contributed by atoms with E-state index in [0.29, 0.717) is 0 Å². The summed E-state index contributed by atoms with van der Waals surface area (Å²) in [5, 5.41) is 9.85.